The van der Waals surface area contributed by atoms with Gasteiger partial charge in [0.25, 0.3) is 5.91 Å². The van der Waals surface area contributed by atoms with Crippen LogP contribution in [0, 0.1) is 11.8 Å². The Labute approximate surface area is 151 Å². The number of ether oxygens (including phenoxy) is 2. The highest BCUT2D eigenvalue weighted by Gasteiger charge is 2.50. The highest BCUT2D eigenvalue weighted by atomic mass is 16.5. The Bertz CT molecular complexity index is 704. The number of nitrogens with zero attached hydrogens (tertiary/aromatic N) is 2. The summed E-state index contributed by atoms with van der Waals surface area (Å²) in [5.74, 6) is -1.06. The number of methoxy groups -OCH3 is 2. The molecule has 0 bridgehead atoms. The number of amides is 2. The summed E-state index contributed by atoms with van der Waals surface area (Å²) in [7, 11) is 3.05. The van der Waals surface area contributed by atoms with E-state index in [2.05, 4.69) is 0 Å². The fourth-order valence-corrected chi connectivity index (χ4v) is 3.22. The molecular formula is C18H22N2O6. The molecule has 2 aliphatic rings. The van der Waals surface area contributed by atoms with Crippen LogP contribution in [0.4, 0.5) is 0 Å². The molecule has 0 radical (unpaired) electrons. The highest BCUT2D eigenvalue weighted by Crippen LogP contribution is 2.40. The van der Waals surface area contributed by atoms with Gasteiger partial charge in [-0.25, -0.2) is 0 Å². The van der Waals surface area contributed by atoms with E-state index in [1.165, 1.54) is 14.2 Å². The summed E-state index contributed by atoms with van der Waals surface area (Å²) >= 11 is 0. The zero-order valence-electron chi connectivity index (χ0n) is 14.8. The van der Waals surface area contributed by atoms with Crippen LogP contribution in [0.15, 0.2) is 18.2 Å². The Morgan fingerprint density at radius 1 is 0.923 bits per heavy atom. The van der Waals surface area contributed by atoms with Gasteiger partial charge in [0.15, 0.2) is 0 Å². The molecule has 1 saturated carbocycles. The third-order valence-corrected chi connectivity index (χ3v) is 4.90. The van der Waals surface area contributed by atoms with Crippen molar-refractivity contribution in [2.45, 2.75) is 6.42 Å². The summed E-state index contributed by atoms with van der Waals surface area (Å²) < 4.78 is 10.4. The summed E-state index contributed by atoms with van der Waals surface area (Å²) in [6.07, 6.45) is 0.414. The zero-order valence-corrected chi connectivity index (χ0v) is 14.8. The van der Waals surface area contributed by atoms with Gasteiger partial charge in [-0.05, 0) is 18.6 Å². The van der Waals surface area contributed by atoms with Crippen LogP contribution in [0.1, 0.15) is 16.8 Å². The standard InChI is InChI=1S/C18H22N2O6/c1-25-12-7-11(8-13(9-12)26-2)16(21)19-3-5-20(6-4-19)17(22)14-10-15(14)18(23)24/h7-9,14-15H,3-6,10H2,1-2H3,(H,23,24). The number of carboxylic acid groups (broad SMARTS) is 1. The predicted octanol–water partition coefficient (Wildman–Crippen LogP) is 0.709. The number of carboxylic acids is 1. The van der Waals surface area contributed by atoms with Crippen molar-refractivity contribution in [2.75, 3.05) is 40.4 Å². The maximum atomic E-state index is 12.7. The average Bonchev–Trinajstić information content (AvgIpc) is 3.47. The van der Waals surface area contributed by atoms with Crippen molar-refractivity contribution in [2.24, 2.45) is 11.8 Å². The van der Waals surface area contributed by atoms with E-state index in [0.29, 0.717) is 49.7 Å². The second-order valence-corrected chi connectivity index (χ2v) is 6.51. The van der Waals surface area contributed by atoms with Crippen LogP contribution in [0.5, 0.6) is 11.5 Å². The first kappa shape index (κ1) is 18.0. The number of aliphatic carboxylic acids is 1. The third-order valence-electron chi connectivity index (χ3n) is 4.90. The van der Waals surface area contributed by atoms with Crippen molar-refractivity contribution >= 4 is 17.8 Å². The Kier molecular flexibility index (Phi) is 5.01. The molecule has 1 N–H and O–H groups in total. The van der Waals surface area contributed by atoms with Crippen LogP contribution in [0.25, 0.3) is 0 Å². The maximum absolute atomic E-state index is 12.7. The molecule has 1 aliphatic carbocycles. The van der Waals surface area contributed by atoms with E-state index in [1.807, 2.05) is 0 Å². The SMILES string of the molecule is COc1cc(OC)cc(C(=O)N2CCN(C(=O)C3CC3C(=O)O)CC2)c1. The van der Waals surface area contributed by atoms with Crippen LogP contribution in [0.3, 0.4) is 0 Å². The van der Waals surface area contributed by atoms with Gasteiger partial charge in [0, 0.05) is 37.8 Å². The van der Waals surface area contributed by atoms with Crippen molar-refractivity contribution in [3.05, 3.63) is 23.8 Å². The first-order valence-corrected chi connectivity index (χ1v) is 8.48. The van der Waals surface area contributed by atoms with Crippen molar-refractivity contribution in [3.63, 3.8) is 0 Å². The molecule has 1 aliphatic heterocycles. The molecule has 2 fully saturated rings. The molecule has 0 spiro atoms. The van der Waals surface area contributed by atoms with Crippen LogP contribution >= 0.6 is 0 Å². The van der Waals surface area contributed by atoms with Crippen LogP contribution < -0.4 is 9.47 Å². The Balaban J connectivity index is 1.60. The molecule has 140 valence electrons. The van der Waals surface area contributed by atoms with E-state index in [4.69, 9.17) is 14.6 Å². The summed E-state index contributed by atoms with van der Waals surface area (Å²) in [5.41, 5.74) is 0.467. The summed E-state index contributed by atoms with van der Waals surface area (Å²) in [6.45, 7) is 1.64. The summed E-state index contributed by atoms with van der Waals surface area (Å²) in [5, 5.41) is 8.95. The molecule has 8 heteroatoms. The van der Waals surface area contributed by atoms with Crippen molar-refractivity contribution in [3.8, 4) is 11.5 Å². The quantitative estimate of drug-likeness (QED) is 0.829. The van der Waals surface area contributed by atoms with Gasteiger partial charge >= 0.3 is 5.97 Å². The molecule has 1 aromatic carbocycles. The lowest BCUT2D eigenvalue weighted by Crippen LogP contribution is -2.51. The van der Waals surface area contributed by atoms with E-state index in [1.54, 1.807) is 28.0 Å². The van der Waals surface area contributed by atoms with Gasteiger partial charge in [0.05, 0.1) is 26.1 Å². The normalized spacial score (nSPS) is 21.9. The molecular weight excluding hydrogens is 340 g/mol. The molecule has 8 nitrogen and oxygen atoms in total. The Morgan fingerprint density at radius 2 is 1.46 bits per heavy atom. The molecule has 26 heavy (non-hydrogen) atoms. The molecule has 1 aromatic rings. The van der Waals surface area contributed by atoms with E-state index in [-0.39, 0.29) is 11.8 Å². The summed E-state index contributed by atoms with van der Waals surface area (Å²) in [6, 6.07) is 5.01. The summed E-state index contributed by atoms with van der Waals surface area (Å²) in [4.78, 5) is 39.3. The smallest absolute Gasteiger partial charge is 0.307 e. The number of hydrogen-bond acceptors (Lipinski definition) is 5. The molecule has 2 atom stereocenters. The Morgan fingerprint density at radius 3 is 1.92 bits per heavy atom. The molecule has 3 rings (SSSR count). The minimum atomic E-state index is -0.913. The molecule has 1 saturated heterocycles. The molecule has 2 unspecified atom stereocenters. The Hall–Kier alpha value is -2.77. The number of benzene rings is 1. The van der Waals surface area contributed by atoms with E-state index in [9.17, 15) is 14.4 Å². The van der Waals surface area contributed by atoms with Gasteiger partial charge in [-0.3, -0.25) is 14.4 Å². The zero-order chi connectivity index (χ0) is 18.8. The number of carbonyl (C=O) groups excluding carboxylic acids is 2. The lowest BCUT2D eigenvalue weighted by molar-refractivity contribution is -0.142. The fraction of sp³-hybridized carbons (Fsp3) is 0.500. The van der Waals surface area contributed by atoms with Gasteiger partial charge in [-0.15, -0.1) is 0 Å². The number of rotatable bonds is 5. The van der Waals surface area contributed by atoms with E-state index < -0.39 is 17.8 Å². The second-order valence-electron chi connectivity index (χ2n) is 6.51. The third kappa shape index (κ3) is 3.58. The minimum absolute atomic E-state index is 0.118. The van der Waals surface area contributed by atoms with Crippen molar-refractivity contribution in [1.82, 2.24) is 9.80 Å². The molecule has 2 amide bonds. The topological polar surface area (TPSA) is 96.4 Å². The average molecular weight is 362 g/mol. The van der Waals surface area contributed by atoms with Crippen LogP contribution in [-0.4, -0.2) is 73.1 Å². The maximum Gasteiger partial charge on any atom is 0.307 e. The molecule has 1 heterocycles. The van der Waals surface area contributed by atoms with E-state index in [0.717, 1.165) is 0 Å². The first-order chi connectivity index (χ1) is 12.4. The number of carbonyl (C=O) groups is 3. The predicted molar refractivity (Wildman–Crippen MR) is 91.3 cm³/mol. The van der Waals surface area contributed by atoms with Gasteiger partial charge in [0.1, 0.15) is 11.5 Å². The van der Waals surface area contributed by atoms with E-state index >= 15 is 0 Å². The van der Waals surface area contributed by atoms with Crippen LogP contribution in [-0.2, 0) is 9.59 Å². The first-order valence-electron chi connectivity index (χ1n) is 8.48. The fourth-order valence-electron chi connectivity index (χ4n) is 3.22. The number of hydrogen-bond donors (Lipinski definition) is 1. The van der Waals surface area contributed by atoms with Gasteiger partial charge in [-0.1, -0.05) is 0 Å². The lowest BCUT2D eigenvalue weighted by atomic mass is 10.1. The lowest BCUT2D eigenvalue weighted by Gasteiger charge is -2.35. The number of piperazine rings is 1. The van der Waals surface area contributed by atoms with Crippen LogP contribution in [0.2, 0.25) is 0 Å². The van der Waals surface area contributed by atoms with Crippen molar-refractivity contribution in [1.29, 1.82) is 0 Å². The minimum Gasteiger partial charge on any atom is -0.497 e. The van der Waals surface area contributed by atoms with Crippen molar-refractivity contribution < 1.29 is 29.0 Å². The largest absolute Gasteiger partial charge is 0.497 e. The monoisotopic (exact) mass is 362 g/mol. The second kappa shape index (κ2) is 7.23. The van der Waals surface area contributed by atoms with Gasteiger partial charge in [0.2, 0.25) is 5.91 Å². The van der Waals surface area contributed by atoms with Gasteiger partial charge < -0.3 is 24.4 Å². The molecule has 0 aromatic heterocycles. The highest BCUT2D eigenvalue weighted by molar-refractivity contribution is 5.95. The van der Waals surface area contributed by atoms with Gasteiger partial charge in [-0.2, -0.15) is 0 Å².